The van der Waals surface area contributed by atoms with Gasteiger partial charge in [0.25, 0.3) is 0 Å². The number of anilines is 2. The van der Waals surface area contributed by atoms with Gasteiger partial charge in [0, 0.05) is 30.9 Å². The van der Waals surface area contributed by atoms with Gasteiger partial charge in [0.15, 0.2) is 0 Å². The first kappa shape index (κ1) is 13.1. The molecule has 2 heterocycles. The standard InChI is InChI=1S/C15H22ClN3/c1-11-9-18-7-3-2-4-13(18)10-19(11)15-6-5-12(17)8-14(15)16/h5-6,8,11,13H,2-4,7,9-10,17H2,1H3. The van der Waals surface area contributed by atoms with E-state index in [4.69, 9.17) is 17.3 Å². The van der Waals surface area contributed by atoms with E-state index < -0.39 is 0 Å². The average molecular weight is 280 g/mol. The molecule has 2 atom stereocenters. The Morgan fingerprint density at radius 1 is 1.26 bits per heavy atom. The van der Waals surface area contributed by atoms with Crippen molar-refractivity contribution in [1.29, 1.82) is 0 Å². The minimum absolute atomic E-state index is 0.510. The Labute approximate surface area is 120 Å². The molecular weight excluding hydrogens is 258 g/mol. The van der Waals surface area contributed by atoms with E-state index in [0.717, 1.165) is 29.5 Å². The molecule has 0 aliphatic carbocycles. The maximum Gasteiger partial charge on any atom is 0.0660 e. The van der Waals surface area contributed by atoms with E-state index in [-0.39, 0.29) is 0 Å². The predicted octanol–water partition coefficient (Wildman–Crippen LogP) is 2.99. The van der Waals surface area contributed by atoms with E-state index >= 15 is 0 Å². The Bertz CT molecular complexity index is 463. The number of piperidine rings is 1. The Kier molecular flexibility index (Phi) is 3.59. The van der Waals surface area contributed by atoms with Crippen molar-refractivity contribution in [2.75, 3.05) is 30.3 Å². The van der Waals surface area contributed by atoms with Gasteiger partial charge in [-0.25, -0.2) is 0 Å². The molecule has 0 spiro atoms. The molecule has 0 amide bonds. The third-order valence-corrected chi connectivity index (χ3v) is 4.77. The van der Waals surface area contributed by atoms with Gasteiger partial charge >= 0.3 is 0 Å². The van der Waals surface area contributed by atoms with Gasteiger partial charge in [0.2, 0.25) is 0 Å². The lowest BCUT2D eigenvalue weighted by molar-refractivity contribution is 0.115. The average Bonchev–Trinajstić information content (AvgIpc) is 2.38. The van der Waals surface area contributed by atoms with Gasteiger partial charge in [0.05, 0.1) is 10.7 Å². The van der Waals surface area contributed by atoms with E-state index in [1.807, 2.05) is 12.1 Å². The lowest BCUT2D eigenvalue weighted by Crippen LogP contribution is -2.58. The molecule has 0 radical (unpaired) electrons. The fourth-order valence-electron chi connectivity index (χ4n) is 3.44. The van der Waals surface area contributed by atoms with Crippen LogP contribution in [0.4, 0.5) is 11.4 Å². The number of hydrogen-bond donors (Lipinski definition) is 1. The summed E-state index contributed by atoms with van der Waals surface area (Å²) in [4.78, 5) is 5.10. The monoisotopic (exact) mass is 279 g/mol. The molecular formula is C15H22ClN3. The van der Waals surface area contributed by atoms with Crippen LogP contribution in [-0.2, 0) is 0 Å². The molecule has 0 saturated carbocycles. The summed E-state index contributed by atoms with van der Waals surface area (Å²) in [6, 6.07) is 7.07. The molecule has 2 aliphatic heterocycles. The number of piperazine rings is 1. The smallest absolute Gasteiger partial charge is 0.0660 e. The molecule has 2 N–H and O–H groups in total. The zero-order chi connectivity index (χ0) is 13.4. The lowest BCUT2D eigenvalue weighted by atomic mass is 9.96. The van der Waals surface area contributed by atoms with Crippen LogP contribution in [0.5, 0.6) is 0 Å². The van der Waals surface area contributed by atoms with Crippen molar-refractivity contribution in [3.8, 4) is 0 Å². The van der Waals surface area contributed by atoms with Crippen LogP contribution < -0.4 is 10.6 Å². The maximum absolute atomic E-state index is 6.37. The highest BCUT2D eigenvalue weighted by Crippen LogP contribution is 2.33. The summed E-state index contributed by atoms with van der Waals surface area (Å²) in [5, 5.41) is 0.774. The van der Waals surface area contributed by atoms with E-state index in [1.165, 1.54) is 25.8 Å². The number of fused-ring (bicyclic) bond motifs is 1. The number of rotatable bonds is 1. The van der Waals surface area contributed by atoms with Gasteiger partial charge < -0.3 is 10.6 Å². The van der Waals surface area contributed by atoms with Gasteiger partial charge in [-0.05, 0) is 44.5 Å². The molecule has 1 aromatic rings. The third-order valence-electron chi connectivity index (χ3n) is 4.47. The molecule has 19 heavy (non-hydrogen) atoms. The Morgan fingerprint density at radius 2 is 2.11 bits per heavy atom. The van der Waals surface area contributed by atoms with E-state index in [2.05, 4.69) is 22.8 Å². The highest BCUT2D eigenvalue weighted by atomic mass is 35.5. The quantitative estimate of drug-likeness (QED) is 0.802. The second kappa shape index (κ2) is 5.22. The summed E-state index contributed by atoms with van der Waals surface area (Å²) >= 11 is 6.37. The number of benzene rings is 1. The van der Waals surface area contributed by atoms with Gasteiger partial charge in [0.1, 0.15) is 0 Å². The summed E-state index contributed by atoms with van der Waals surface area (Å²) in [6.07, 6.45) is 4.03. The first-order valence-electron chi connectivity index (χ1n) is 7.21. The highest BCUT2D eigenvalue weighted by Gasteiger charge is 2.33. The van der Waals surface area contributed by atoms with E-state index in [9.17, 15) is 0 Å². The SMILES string of the molecule is CC1CN2CCCCC2CN1c1ccc(N)cc1Cl. The number of hydrogen-bond acceptors (Lipinski definition) is 3. The number of nitrogen functional groups attached to an aromatic ring is 1. The zero-order valence-electron chi connectivity index (χ0n) is 11.5. The maximum atomic E-state index is 6.37. The van der Waals surface area contributed by atoms with Crippen molar-refractivity contribution in [2.45, 2.75) is 38.3 Å². The number of halogens is 1. The zero-order valence-corrected chi connectivity index (χ0v) is 12.2. The van der Waals surface area contributed by atoms with Crippen LogP contribution in [0.1, 0.15) is 26.2 Å². The van der Waals surface area contributed by atoms with Crippen molar-refractivity contribution < 1.29 is 0 Å². The van der Waals surface area contributed by atoms with Gasteiger partial charge in [-0.2, -0.15) is 0 Å². The van der Waals surface area contributed by atoms with Crippen LogP contribution in [0, 0.1) is 0 Å². The minimum Gasteiger partial charge on any atom is -0.399 e. The Hall–Kier alpha value is -0.930. The van der Waals surface area contributed by atoms with Gasteiger partial charge in [-0.15, -0.1) is 0 Å². The molecule has 2 fully saturated rings. The molecule has 4 heteroatoms. The first-order chi connectivity index (χ1) is 9.15. The van der Waals surface area contributed by atoms with Crippen LogP contribution in [0.15, 0.2) is 18.2 Å². The fourth-order valence-corrected chi connectivity index (χ4v) is 3.74. The van der Waals surface area contributed by atoms with Crippen molar-refractivity contribution >= 4 is 23.0 Å². The summed E-state index contributed by atoms with van der Waals surface area (Å²) in [5.41, 5.74) is 7.65. The lowest BCUT2D eigenvalue weighted by Gasteiger charge is -2.48. The molecule has 1 aromatic carbocycles. The topological polar surface area (TPSA) is 32.5 Å². The van der Waals surface area contributed by atoms with Crippen LogP contribution in [0.25, 0.3) is 0 Å². The first-order valence-corrected chi connectivity index (χ1v) is 7.58. The molecule has 2 unspecified atom stereocenters. The molecule has 3 rings (SSSR count). The third kappa shape index (κ3) is 2.54. The highest BCUT2D eigenvalue weighted by molar-refractivity contribution is 6.33. The fraction of sp³-hybridized carbons (Fsp3) is 0.600. The molecule has 0 bridgehead atoms. The van der Waals surface area contributed by atoms with Crippen LogP contribution in [-0.4, -0.2) is 36.6 Å². The number of nitrogens with two attached hydrogens (primary N) is 1. The second-order valence-electron chi connectivity index (χ2n) is 5.86. The molecule has 2 aliphatic rings. The molecule has 2 saturated heterocycles. The largest absolute Gasteiger partial charge is 0.399 e. The molecule has 104 valence electrons. The molecule has 0 aromatic heterocycles. The molecule has 3 nitrogen and oxygen atoms in total. The van der Waals surface area contributed by atoms with Crippen LogP contribution in [0.2, 0.25) is 5.02 Å². The Morgan fingerprint density at radius 3 is 2.89 bits per heavy atom. The normalized spacial score (nSPS) is 28.2. The minimum atomic E-state index is 0.510. The van der Waals surface area contributed by atoms with E-state index in [1.54, 1.807) is 0 Å². The van der Waals surface area contributed by atoms with Crippen molar-refractivity contribution in [3.63, 3.8) is 0 Å². The summed E-state index contributed by atoms with van der Waals surface area (Å²) in [5.74, 6) is 0. The summed E-state index contributed by atoms with van der Waals surface area (Å²) in [7, 11) is 0. The van der Waals surface area contributed by atoms with Crippen LogP contribution >= 0.6 is 11.6 Å². The van der Waals surface area contributed by atoms with Crippen molar-refractivity contribution in [3.05, 3.63) is 23.2 Å². The number of nitrogens with zero attached hydrogens (tertiary/aromatic N) is 2. The van der Waals surface area contributed by atoms with E-state index in [0.29, 0.717) is 12.1 Å². The predicted molar refractivity (Wildman–Crippen MR) is 81.9 cm³/mol. The van der Waals surface area contributed by atoms with Crippen molar-refractivity contribution in [1.82, 2.24) is 4.90 Å². The van der Waals surface area contributed by atoms with Gasteiger partial charge in [-0.1, -0.05) is 18.0 Å². The second-order valence-corrected chi connectivity index (χ2v) is 6.26. The summed E-state index contributed by atoms with van der Waals surface area (Å²) < 4.78 is 0. The van der Waals surface area contributed by atoms with Gasteiger partial charge in [-0.3, -0.25) is 4.90 Å². The van der Waals surface area contributed by atoms with Crippen molar-refractivity contribution in [2.24, 2.45) is 0 Å². The van der Waals surface area contributed by atoms with Crippen LogP contribution in [0.3, 0.4) is 0 Å². The Balaban J connectivity index is 1.83. The summed E-state index contributed by atoms with van der Waals surface area (Å²) in [6.45, 7) is 5.78.